The van der Waals surface area contributed by atoms with E-state index in [4.69, 9.17) is 61.7 Å². The van der Waals surface area contributed by atoms with Crippen LogP contribution in [-0.4, -0.2) is 0 Å². The maximum Gasteiger partial charge on any atom is 0.212 e. The molecule has 0 saturated heterocycles. The molecule has 0 aliphatic heterocycles. The maximum atomic E-state index is 8.49. The minimum atomic E-state index is -2.75. The van der Waals surface area contributed by atoms with Crippen LogP contribution in [0.2, 0.25) is 0 Å². The lowest BCUT2D eigenvalue weighted by Crippen LogP contribution is -2.31. The normalized spacial score (nSPS) is 21.2. The average molecular weight is 1610 g/mol. The van der Waals surface area contributed by atoms with Crippen molar-refractivity contribution in [1.82, 2.24) is 0 Å². The predicted molar refractivity (Wildman–Crippen MR) is 502 cm³/mol. The van der Waals surface area contributed by atoms with E-state index in [2.05, 4.69) is 0 Å². The molecule has 12 aromatic rings. The van der Waals surface area contributed by atoms with Gasteiger partial charge >= 0.3 is 0 Å². The molecule has 0 bridgehead atoms. The van der Waals surface area contributed by atoms with Crippen molar-refractivity contribution in [3.63, 3.8) is 0 Å². The van der Waals surface area contributed by atoms with Gasteiger partial charge in [-0.1, -0.05) is 119 Å². The van der Waals surface area contributed by atoms with Crippen molar-refractivity contribution in [2.45, 2.75) is 263 Å². The second-order valence-electron chi connectivity index (χ2n) is 31.2. The molecular weight excluding hydrogens is 1420 g/mol. The van der Waals surface area contributed by atoms with Crippen molar-refractivity contribution in [2.75, 3.05) is 0 Å². The molecule has 6 atom stereocenters. The summed E-state index contributed by atoms with van der Waals surface area (Å²) < 4.78 is 360. The lowest BCUT2D eigenvalue weighted by molar-refractivity contribution is -0.661. The minimum Gasteiger partial charge on any atom is -0.201 e. The van der Waals surface area contributed by atoms with Crippen LogP contribution in [0.25, 0.3) is 67.5 Å². The van der Waals surface area contributed by atoms with Gasteiger partial charge in [0, 0.05) is 165 Å². The van der Waals surface area contributed by atoms with Crippen molar-refractivity contribution in [2.24, 2.45) is 42.3 Å². The Hall–Kier alpha value is -9.78. The Morgan fingerprint density at radius 3 is 0.778 bits per heavy atom. The third-order valence-electron chi connectivity index (χ3n) is 21.2. The van der Waals surface area contributed by atoms with Gasteiger partial charge < -0.3 is 0 Å². The smallest absolute Gasteiger partial charge is 0.201 e. The van der Waals surface area contributed by atoms with Crippen molar-refractivity contribution >= 4 is 0 Å². The van der Waals surface area contributed by atoms with E-state index in [9.17, 15) is 0 Å². The Morgan fingerprint density at radius 2 is 0.462 bits per heavy atom. The Labute approximate surface area is 774 Å². The Kier molecular flexibility index (Phi) is 16.8. The zero-order chi connectivity index (χ0) is 126. The molecule has 6 heterocycles. The Morgan fingerprint density at radius 1 is 0.205 bits per heavy atom. The summed E-state index contributed by atoms with van der Waals surface area (Å²) >= 11 is 0. The number of hydrogen-bond donors (Lipinski definition) is 0. The highest BCUT2D eigenvalue weighted by Crippen LogP contribution is 2.35. The number of benzene rings is 6. The first kappa shape index (κ1) is 48.3. The first-order valence-electron chi connectivity index (χ1n) is 61.2. The molecule has 12 rings (SSSR count). The number of rotatable bonds is 12. The highest BCUT2D eigenvalue weighted by atomic mass is 14.9. The second-order valence-corrected chi connectivity index (χ2v) is 31.2. The van der Waals surface area contributed by atoms with Crippen LogP contribution in [0.1, 0.15) is 330 Å². The molecule has 6 aromatic carbocycles. The lowest BCUT2D eigenvalue weighted by Gasteiger charge is -2.14. The standard InChI is InChI=1S/C20H28N.2C19H26N.2C18H24N.C17H22N/c1-13(2)17-8-9-20(21(7)12-17)19-11-15(5)18(14(3)4)10-16(19)6;1-12(2)17-8-15(5)18(9-14(17)4)19-10-13(3)16(6)11-20(19)7;1-12(2)17-10-18(15(5)8-14(17)4)19-9-13(3)16(6)11-20(19)7;1-12(2)16-7-8-19(6)18(11-16)17-10-14(4)13(3)9-15(17)5;1-12(2)16-7-8-18(19(6)11-16)17-10-14(4)13(3)9-15(17)5;1-11-7-14(4)16(8-12(11)2)17-9-13(3)15(5)10-18(17)6/h8-14H,1-7H3;2*8-12H,1-7H3;2*7-12H,1-6H3;7-10H,1-6H3/q6*+1/i1D3,3D3,13D,14D;1D3,6D3,12D;1D3,4D3,6D3,12D;2*1D3,3D3,12D;1D3,5D3. The van der Waals surface area contributed by atoms with Gasteiger partial charge in [0.15, 0.2) is 37.2 Å². The SMILES string of the molecule is [2H]C([2H])([2H])C([2H])(C)c1ccc(-c2cc(C)c(C([2H])(C)C([2H])([2H])[2H])cc2C)[n+](C)c1.[2H]C([2H])([2H])c1c[n+](C)c(-c2cc(C([2H])(C)C([2H])([2H])[2H])c(C([2H])([2H])[2H])cc2C)cc1C.[2H]C([2H])([2H])c1c[n+](C)c(-c2cc(C)c(C([2H])(C)C([2H])([2H])[2H])cc2C)cc1C.[2H]C([2H])([2H])c1cc(C)c(-c2cc(C([2H])(C)C([2H])([2H])[2H])cc[n+]2C)cc1C.[2H]C([2H])([2H])c1cc(C)c(-c2cc(C)c(C([2H])([2H])[2H])c[n+]2C)cc1C.[2H]C([2H])([2H])c1cc(C)c(-c2ccc(C([2H])(C)C([2H])([2H])[2H])c[n+]2C)cc1C. The van der Waals surface area contributed by atoms with Crippen LogP contribution in [0.5, 0.6) is 0 Å². The zero-order valence-corrected chi connectivity index (χ0v) is 73.3. The van der Waals surface area contributed by atoms with Gasteiger partial charge in [0.2, 0.25) is 34.2 Å². The molecule has 6 unspecified atom stereocenters. The number of pyridine rings is 6. The van der Waals surface area contributed by atoms with E-state index >= 15 is 0 Å². The fourth-order valence-electron chi connectivity index (χ4n) is 13.9. The van der Waals surface area contributed by atoms with Crippen molar-refractivity contribution in [3.8, 4) is 67.5 Å². The molecule has 6 aromatic heterocycles. The van der Waals surface area contributed by atoms with Gasteiger partial charge in [-0.15, -0.1) is 0 Å². The van der Waals surface area contributed by atoms with Crippen molar-refractivity contribution in [1.29, 1.82) is 0 Å². The molecule has 0 saturated carbocycles. The quantitative estimate of drug-likeness (QED) is 0.109. The summed E-state index contributed by atoms with van der Waals surface area (Å²) in [5, 5.41) is 0. The Balaban J connectivity index is 0.000000262. The number of hydrogen-bond acceptors (Lipinski definition) is 0. The van der Waals surface area contributed by atoms with Crippen LogP contribution < -0.4 is 27.4 Å². The third-order valence-corrected chi connectivity index (χ3v) is 21.2. The van der Waals surface area contributed by atoms with E-state index in [0.29, 0.717) is 111 Å². The first-order valence-corrected chi connectivity index (χ1v) is 38.7. The summed E-state index contributed by atoms with van der Waals surface area (Å²) in [5.41, 5.74) is 23.3. The molecule has 117 heavy (non-hydrogen) atoms. The third kappa shape index (κ3) is 23.6. The van der Waals surface area contributed by atoms with Gasteiger partial charge in [0.25, 0.3) is 0 Å². The molecule has 0 N–H and O–H groups in total. The molecule has 6 nitrogen and oxygen atoms in total. The van der Waals surface area contributed by atoms with Gasteiger partial charge in [-0.2, -0.15) is 0 Å². The fourth-order valence-corrected chi connectivity index (χ4v) is 13.9. The summed E-state index contributed by atoms with van der Waals surface area (Å²) in [4.78, 5) is 0. The van der Waals surface area contributed by atoms with E-state index in [1.54, 1.807) is 224 Å². The fraction of sp³-hybridized carbons (Fsp3) is 0.405. The monoisotopic (exact) mass is 1610 g/mol. The summed E-state index contributed by atoms with van der Waals surface area (Å²) in [7, 11) is 10.7. The van der Waals surface area contributed by atoms with Crippen LogP contribution in [0.4, 0.5) is 0 Å². The Bertz CT molecular complexity index is 7410. The predicted octanol–water partition coefficient (Wildman–Crippen LogP) is 26.3. The van der Waals surface area contributed by atoms with Gasteiger partial charge in [0.05, 0.1) is 0 Å². The van der Waals surface area contributed by atoms with Gasteiger partial charge in [-0.3, -0.25) is 0 Å². The van der Waals surface area contributed by atoms with Gasteiger partial charge in [0.1, 0.15) is 42.3 Å². The maximum absolute atomic E-state index is 8.49. The summed E-state index contributed by atoms with van der Waals surface area (Å²) in [6, 6.07) is 36.2. The van der Waals surface area contributed by atoms with E-state index in [-0.39, 0.29) is 16.7 Å². The molecule has 0 amide bonds. The van der Waals surface area contributed by atoms with E-state index in [0.717, 1.165) is 89.7 Å². The van der Waals surface area contributed by atoms with Crippen LogP contribution in [-0.2, 0) is 42.3 Å². The van der Waals surface area contributed by atoms with E-state index < -0.39 is 124 Å². The van der Waals surface area contributed by atoms with Gasteiger partial charge in [-0.25, -0.2) is 27.4 Å². The van der Waals surface area contributed by atoms with Crippen LogP contribution in [0.3, 0.4) is 0 Å². The summed E-state index contributed by atoms with van der Waals surface area (Å²) in [6.45, 7) is 2.62. The summed E-state index contributed by atoms with van der Waals surface area (Å²) in [5.74, 6) is -10.8. The van der Waals surface area contributed by atoms with Crippen molar-refractivity contribution in [3.05, 3.63) is 315 Å². The summed E-state index contributed by atoms with van der Waals surface area (Å²) in [6.07, 6.45) is 9.78. The topological polar surface area (TPSA) is 23.3 Å². The molecular formula is C111H150N6+6. The zero-order valence-electron chi connectivity index (χ0n) is 118. The van der Waals surface area contributed by atoms with E-state index in [1.165, 1.54) is 59.9 Å². The number of aromatic nitrogens is 6. The average Bonchev–Trinajstić information content (AvgIpc) is 0.597. The molecule has 0 aliphatic carbocycles. The first-order chi connectivity index (χ1) is 72.4. The number of aryl methyl sites for hydroxylation is 27. The molecule has 6 heteroatoms. The number of nitrogens with zero attached hydrogens (tertiary/aromatic N) is 6. The van der Waals surface area contributed by atoms with E-state index in [1.807, 2.05) is 88.7 Å². The van der Waals surface area contributed by atoms with Gasteiger partial charge in [-0.05, 0) is 351 Å². The molecule has 618 valence electrons. The highest BCUT2D eigenvalue weighted by molar-refractivity contribution is 5.69. The molecule has 0 aliphatic rings. The molecule has 0 spiro atoms. The molecule has 0 fully saturated rings. The van der Waals surface area contributed by atoms with Crippen LogP contribution in [0, 0.1) is 145 Å². The largest absolute Gasteiger partial charge is 0.212 e. The highest BCUT2D eigenvalue weighted by Gasteiger charge is 2.24. The minimum absolute atomic E-state index is 0.0966. The van der Waals surface area contributed by atoms with Crippen LogP contribution >= 0.6 is 0 Å². The lowest BCUT2D eigenvalue weighted by atomic mass is 9.91. The van der Waals surface area contributed by atoms with Crippen LogP contribution in [0.15, 0.2) is 165 Å². The second kappa shape index (κ2) is 40.6. The van der Waals surface area contributed by atoms with Crippen molar-refractivity contribution < 1.29 is 89.1 Å². The molecule has 0 radical (unpaired) electrons.